The number of carbonyl (C=O) groups excluding carboxylic acids is 1. The summed E-state index contributed by atoms with van der Waals surface area (Å²) < 4.78 is 38.0. The van der Waals surface area contributed by atoms with Gasteiger partial charge in [-0.05, 0) is 26.2 Å². The van der Waals surface area contributed by atoms with Crippen LogP contribution in [0.5, 0.6) is 0 Å². The highest BCUT2D eigenvalue weighted by atomic mass is 19.4. The third-order valence-corrected chi connectivity index (χ3v) is 3.26. The first kappa shape index (κ1) is 15.3. The molecule has 0 bridgehead atoms. The van der Waals surface area contributed by atoms with E-state index in [1.54, 1.807) is 0 Å². The van der Waals surface area contributed by atoms with Crippen molar-refractivity contribution in [1.82, 2.24) is 10.6 Å². The summed E-state index contributed by atoms with van der Waals surface area (Å²) >= 11 is 0. The fourth-order valence-electron chi connectivity index (χ4n) is 1.85. The minimum atomic E-state index is -4.27. The molecule has 0 aromatic rings. The van der Waals surface area contributed by atoms with E-state index < -0.39 is 17.8 Å². The highest BCUT2D eigenvalue weighted by molar-refractivity contribution is 5.81. The van der Waals surface area contributed by atoms with Crippen molar-refractivity contribution >= 4 is 5.91 Å². The van der Waals surface area contributed by atoms with Crippen LogP contribution in [0.1, 0.15) is 46.0 Å². The smallest absolute Gasteiger partial charge is 0.355 e. The molecule has 1 fully saturated rings. The summed E-state index contributed by atoms with van der Waals surface area (Å²) in [6.07, 6.45) is -1.24. The van der Waals surface area contributed by atoms with E-state index in [-0.39, 0.29) is 18.7 Å². The van der Waals surface area contributed by atoms with Crippen LogP contribution >= 0.6 is 0 Å². The van der Waals surface area contributed by atoms with Crippen molar-refractivity contribution in [2.45, 2.75) is 63.7 Å². The molecule has 0 saturated heterocycles. The number of nitrogens with one attached hydrogen (secondary N) is 2. The van der Waals surface area contributed by atoms with Crippen molar-refractivity contribution < 1.29 is 18.0 Å². The van der Waals surface area contributed by atoms with Crippen molar-refractivity contribution in [3.8, 4) is 0 Å². The van der Waals surface area contributed by atoms with Crippen molar-refractivity contribution in [2.75, 3.05) is 6.54 Å². The van der Waals surface area contributed by atoms with E-state index >= 15 is 0 Å². The van der Waals surface area contributed by atoms with Crippen LogP contribution in [-0.4, -0.2) is 30.2 Å². The molecule has 106 valence electrons. The molecule has 0 spiro atoms. The van der Waals surface area contributed by atoms with Gasteiger partial charge in [-0.3, -0.25) is 10.1 Å². The van der Waals surface area contributed by atoms with E-state index in [1.165, 1.54) is 6.92 Å². The van der Waals surface area contributed by atoms with Crippen molar-refractivity contribution in [1.29, 1.82) is 0 Å². The van der Waals surface area contributed by atoms with Gasteiger partial charge in [-0.15, -0.1) is 0 Å². The summed E-state index contributed by atoms with van der Waals surface area (Å²) in [4.78, 5) is 11.6. The Bertz CT molecular complexity index is 288. The Balaban J connectivity index is 2.32. The number of hydrogen-bond donors (Lipinski definition) is 2. The van der Waals surface area contributed by atoms with E-state index in [0.717, 1.165) is 19.3 Å². The molecule has 18 heavy (non-hydrogen) atoms. The molecule has 1 amide bonds. The third kappa shape index (κ3) is 3.86. The second kappa shape index (κ2) is 5.91. The number of halogens is 3. The lowest BCUT2D eigenvalue weighted by molar-refractivity contribution is -0.168. The molecule has 1 aliphatic carbocycles. The monoisotopic (exact) mass is 266 g/mol. The minimum absolute atomic E-state index is 0.0595. The maximum absolute atomic E-state index is 12.7. The molecule has 0 heterocycles. The number of unbranched alkanes of at least 4 members (excludes halogenated alkanes) is 2. The second-order valence-corrected chi connectivity index (χ2v) is 4.94. The Morgan fingerprint density at radius 2 is 1.94 bits per heavy atom. The third-order valence-electron chi connectivity index (χ3n) is 3.26. The molecule has 2 N–H and O–H groups in total. The summed E-state index contributed by atoms with van der Waals surface area (Å²) in [5, 5.41) is 5.06. The van der Waals surface area contributed by atoms with Gasteiger partial charge >= 0.3 is 6.18 Å². The average molecular weight is 266 g/mol. The van der Waals surface area contributed by atoms with Gasteiger partial charge in [-0.25, -0.2) is 0 Å². The van der Waals surface area contributed by atoms with Gasteiger partial charge in [-0.1, -0.05) is 19.8 Å². The van der Waals surface area contributed by atoms with Crippen LogP contribution in [-0.2, 0) is 4.79 Å². The first-order chi connectivity index (χ1) is 8.32. The summed E-state index contributed by atoms with van der Waals surface area (Å²) in [6, 6.07) is -0.809. The van der Waals surface area contributed by atoms with E-state index in [4.69, 9.17) is 0 Å². The SMILES string of the molecule is CCCCCNC(=O)C(C)NC1(C(F)(F)F)CC1. The molecule has 1 rings (SSSR count). The van der Waals surface area contributed by atoms with Crippen molar-refractivity contribution in [3.63, 3.8) is 0 Å². The fourth-order valence-corrected chi connectivity index (χ4v) is 1.85. The van der Waals surface area contributed by atoms with Gasteiger partial charge in [0.25, 0.3) is 0 Å². The maximum atomic E-state index is 12.7. The number of alkyl halides is 3. The molecule has 0 radical (unpaired) electrons. The Morgan fingerprint density at radius 3 is 2.39 bits per heavy atom. The molecule has 1 unspecified atom stereocenters. The molecule has 0 aliphatic heterocycles. The summed E-state index contributed by atoms with van der Waals surface area (Å²) in [5.41, 5.74) is -1.83. The standard InChI is InChI=1S/C12H21F3N2O/c1-3-4-5-8-16-10(18)9(2)17-11(6-7-11)12(13,14)15/h9,17H,3-8H2,1-2H3,(H,16,18). The predicted octanol–water partition coefficient (Wildman–Crippen LogP) is 2.37. The fraction of sp³-hybridized carbons (Fsp3) is 0.917. The average Bonchev–Trinajstić information content (AvgIpc) is 3.04. The molecule has 0 aromatic heterocycles. The molecule has 1 saturated carbocycles. The lowest BCUT2D eigenvalue weighted by Gasteiger charge is -2.24. The normalized spacial score (nSPS) is 19.4. The number of carbonyl (C=O) groups is 1. The van der Waals surface area contributed by atoms with E-state index in [0.29, 0.717) is 6.54 Å². The van der Waals surface area contributed by atoms with Crippen LogP contribution in [0.2, 0.25) is 0 Å². The largest absolute Gasteiger partial charge is 0.406 e. The topological polar surface area (TPSA) is 41.1 Å². The Hall–Kier alpha value is -0.780. The minimum Gasteiger partial charge on any atom is -0.355 e. The number of hydrogen-bond acceptors (Lipinski definition) is 2. The Kier molecular flexibility index (Phi) is 5.01. The van der Waals surface area contributed by atoms with Crippen LogP contribution in [0.3, 0.4) is 0 Å². The van der Waals surface area contributed by atoms with Gasteiger partial charge in [0.05, 0.1) is 6.04 Å². The Labute approximate surface area is 106 Å². The zero-order valence-electron chi connectivity index (χ0n) is 10.9. The summed E-state index contributed by atoms with van der Waals surface area (Å²) in [5.74, 6) is -0.360. The molecule has 1 aliphatic rings. The molecular weight excluding hydrogens is 245 g/mol. The quantitative estimate of drug-likeness (QED) is 0.695. The van der Waals surface area contributed by atoms with E-state index in [9.17, 15) is 18.0 Å². The highest BCUT2D eigenvalue weighted by Crippen LogP contribution is 2.49. The van der Waals surface area contributed by atoms with E-state index in [1.807, 2.05) is 6.92 Å². The van der Waals surface area contributed by atoms with Crippen molar-refractivity contribution in [2.24, 2.45) is 0 Å². The second-order valence-electron chi connectivity index (χ2n) is 4.94. The van der Waals surface area contributed by atoms with Crippen LogP contribution in [0.4, 0.5) is 13.2 Å². The molecule has 1 atom stereocenters. The van der Waals surface area contributed by atoms with Gasteiger partial charge in [0.15, 0.2) is 0 Å². The van der Waals surface area contributed by atoms with Crippen LogP contribution in [0.25, 0.3) is 0 Å². The zero-order chi connectivity index (χ0) is 13.8. The lowest BCUT2D eigenvalue weighted by atomic mass is 10.2. The number of amides is 1. The van der Waals surface area contributed by atoms with Crippen LogP contribution in [0, 0.1) is 0 Å². The first-order valence-corrected chi connectivity index (χ1v) is 6.44. The first-order valence-electron chi connectivity index (χ1n) is 6.44. The van der Waals surface area contributed by atoms with E-state index in [2.05, 4.69) is 10.6 Å². The van der Waals surface area contributed by atoms with Crippen molar-refractivity contribution in [3.05, 3.63) is 0 Å². The lowest BCUT2D eigenvalue weighted by Crippen LogP contribution is -2.53. The molecular formula is C12H21F3N2O. The Morgan fingerprint density at radius 1 is 1.33 bits per heavy atom. The highest BCUT2D eigenvalue weighted by Gasteiger charge is 2.63. The zero-order valence-corrected chi connectivity index (χ0v) is 10.9. The maximum Gasteiger partial charge on any atom is 0.406 e. The predicted molar refractivity (Wildman–Crippen MR) is 63.2 cm³/mol. The molecule has 3 nitrogen and oxygen atoms in total. The van der Waals surface area contributed by atoms with Crippen LogP contribution in [0.15, 0.2) is 0 Å². The van der Waals surface area contributed by atoms with Gasteiger partial charge in [0.1, 0.15) is 5.54 Å². The van der Waals surface area contributed by atoms with Crippen LogP contribution < -0.4 is 10.6 Å². The van der Waals surface area contributed by atoms with Gasteiger partial charge in [0, 0.05) is 6.54 Å². The van der Waals surface area contributed by atoms with Gasteiger partial charge < -0.3 is 5.32 Å². The molecule has 0 aromatic carbocycles. The summed E-state index contributed by atoms with van der Waals surface area (Å²) in [6.45, 7) is 4.05. The summed E-state index contributed by atoms with van der Waals surface area (Å²) in [7, 11) is 0. The van der Waals surface area contributed by atoms with Gasteiger partial charge in [-0.2, -0.15) is 13.2 Å². The number of rotatable bonds is 7. The van der Waals surface area contributed by atoms with Gasteiger partial charge in [0.2, 0.25) is 5.91 Å². The molecule has 6 heteroatoms.